The lowest BCUT2D eigenvalue weighted by Crippen LogP contribution is -2.31. The van der Waals surface area contributed by atoms with Crippen LogP contribution in [-0.2, 0) is 7.05 Å². The molecule has 0 radical (unpaired) electrons. The Labute approximate surface area is 139 Å². The highest BCUT2D eigenvalue weighted by molar-refractivity contribution is 7.13. The van der Waals surface area contributed by atoms with Crippen molar-refractivity contribution in [3.63, 3.8) is 0 Å². The van der Waals surface area contributed by atoms with Gasteiger partial charge in [0.25, 0.3) is 5.91 Å². The van der Waals surface area contributed by atoms with Crippen molar-refractivity contribution in [1.82, 2.24) is 19.9 Å². The number of aromatic nitrogens is 3. The van der Waals surface area contributed by atoms with Crippen molar-refractivity contribution in [2.24, 2.45) is 7.05 Å². The van der Waals surface area contributed by atoms with E-state index in [1.807, 2.05) is 62.0 Å². The highest BCUT2D eigenvalue weighted by Gasteiger charge is 2.23. The smallest absolute Gasteiger partial charge is 0.264 e. The van der Waals surface area contributed by atoms with Crippen LogP contribution in [0.1, 0.15) is 37.8 Å². The SMILES string of the molecule is Cc1nc(C)c(C(=O)NC(c2ccccc2)c2nccn2C)s1. The zero-order valence-electron chi connectivity index (χ0n) is 13.3. The van der Waals surface area contributed by atoms with E-state index in [9.17, 15) is 4.79 Å². The van der Waals surface area contributed by atoms with E-state index in [0.717, 1.165) is 22.1 Å². The fourth-order valence-electron chi connectivity index (χ4n) is 2.54. The molecule has 118 valence electrons. The summed E-state index contributed by atoms with van der Waals surface area (Å²) < 4.78 is 1.92. The summed E-state index contributed by atoms with van der Waals surface area (Å²) in [6.45, 7) is 3.76. The molecule has 1 atom stereocenters. The van der Waals surface area contributed by atoms with E-state index in [2.05, 4.69) is 15.3 Å². The molecule has 3 aromatic rings. The molecule has 0 aliphatic rings. The predicted octanol–water partition coefficient (Wildman–Crippen LogP) is 3.01. The van der Waals surface area contributed by atoms with Gasteiger partial charge < -0.3 is 9.88 Å². The minimum atomic E-state index is -0.300. The van der Waals surface area contributed by atoms with E-state index < -0.39 is 0 Å². The van der Waals surface area contributed by atoms with Gasteiger partial charge in [-0.15, -0.1) is 11.3 Å². The normalized spacial score (nSPS) is 12.1. The standard InChI is InChI=1S/C17H18N4OS/c1-11-15(23-12(2)19-11)17(22)20-14(13-7-5-4-6-8-13)16-18-9-10-21(16)3/h4-10,14H,1-3H3,(H,20,22). The lowest BCUT2D eigenvalue weighted by Gasteiger charge is -2.19. The molecule has 6 heteroatoms. The zero-order chi connectivity index (χ0) is 16.4. The van der Waals surface area contributed by atoms with Crippen LogP contribution in [0.25, 0.3) is 0 Å². The number of nitrogens with one attached hydrogen (secondary N) is 1. The van der Waals surface area contributed by atoms with Gasteiger partial charge in [0.05, 0.1) is 10.7 Å². The highest BCUT2D eigenvalue weighted by Crippen LogP contribution is 2.23. The molecular weight excluding hydrogens is 308 g/mol. The molecular formula is C17H18N4OS. The van der Waals surface area contributed by atoms with Crippen LogP contribution < -0.4 is 5.32 Å². The fourth-order valence-corrected chi connectivity index (χ4v) is 3.36. The average Bonchev–Trinajstić information content (AvgIpc) is 3.11. The minimum absolute atomic E-state index is 0.120. The number of rotatable bonds is 4. The van der Waals surface area contributed by atoms with E-state index >= 15 is 0 Å². The van der Waals surface area contributed by atoms with Crippen molar-refractivity contribution in [3.05, 3.63) is 69.7 Å². The summed E-state index contributed by atoms with van der Waals surface area (Å²) in [5.41, 5.74) is 1.76. The number of hydrogen-bond acceptors (Lipinski definition) is 4. The van der Waals surface area contributed by atoms with Gasteiger partial charge in [0.1, 0.15) is 16.7 Å². The lowest BCUT2D eigenvalue weighted by atomic mass is 10.1. The summed E-state index contributed by atoms with van der Waals surface area (Å²) in [4.78, 5) is 22.1. The Hall–Kier alpha value is -2.47. The van der Waals surface area contributed by atoms with Crippen molar-refractivity contribution in [1.29, 1.82) is 0 Å². The summed E-state index contributed by atoms with van der Waals surface area (Å²) in [5.74, 6) is 0.674. The molecule has 0 aliphatic heterocycles. The van der Waals surface area contributed by atoms with Gasteiger partial charge >= 0.3 is 0 Å². The second kappa shape index (κ2) is 6.34. The van der Waals surface area contributed by atoms with Crippen molar-refractivity contribution >= 4 is 17.2 Å². The van der Waals surface area contributed by atoms with Gasteiger partial charge in [0, 0.05) is 19.4 Å². The molecule has 1 N–H and O–H groups in total. The third-order valence-corrected chi connectivity index (χ3v) is 4.71. The van der Waals surface area contributed by atoms with Crippen LogP contribution in [-0.4, -0.2) is 20.4 Å². The first kappa shape index (κ1) is 15.4. The van der Waals surface area contributed by atoms with Gasteiger partial charge in [-0.25, -0.2) is 9.97 Å². The van der Waals surface area contributed by atoms with E-state index in [1.165, 1.54) is 11.3 Å². The second-order valence-electron chi connectivity index (χ2n) is 5.36. The molecule has 1 amide bonds. The van der Waals surface area contributed by atoms with Crippen LogP contribution >= 0.6 is 11.3 Å². The van der Waals surface area contributed by atoms with Crippen molar-refractivity contribution in [2.45, 2.75) is 19.9 Å². The number of imidazole rings is 1. The summed E-state index contributed by atoms with van der Waals surface area (Å²) in [6, 6.07) is 9.55. The van der Waals surface area contributed by atoms with E-state index in [4.69, 9.17) is 0 Å². The summed E-state index contributed by atoms with van der Waals surface area (Å²) in [6.07, 6.45) is 3.61. The number of benzene rings is 1. The molecule has 1 unspecified atom stereocenters. The van der Waals surface area contributed by atoms with Crippen LogP contribution in [0.2, 0.25) is 0 Å². The van der Waals surface area contributed by atoms with Gasteiger partial charge in [-0.2, -0.15) is 0 Å². The van der Waals surface area contributed by atoms with E-state index in [1.54, 1.807) is 6.20 Å². The van der Waals surface area contributed by atoms with Crippen LogP contribution in [0.4, 0.5) is 0 Å². The Balaban J connectivity index is 1.95. The molecule has 0 saturated heterocycles. The fraction of sp³-hybridized carbons (Fsp3) is 0.235. The molecule has 0 spiro atoms. The lowest BCUT2D eigenvalue weighted by molar-refractivity contribution is 0.0944. The minimum Gasteiger partial charge on any atom is -0.337 e. The maximum Gasteiger partial charge on any atom is 0.264 e. The predicted molar refractivity (Wildman–Crippen MR) is 90.5 cm³/mol. The monoisotopic (exact) mass is 326 g/mol. The molecule has 23 heavy (non-hydrogen) atoms. The van der Waals surface area contributed by atoms with Gasteiger partial charge in [-0.1, -0.05) is 30.3 Å². The number of thiazole rings is 1. The van der Waals surface area contributed by atoms with Crippen LogP contribution in [0.15, 0.2) is 42.7 Å². The Morgan fingerprint density at radius 3 is 2.57 bits per heavy atom. The van der Waals surface area contributed by atoms with Gasteiger partial charge in [-0.05, 0) is 19.4 Å². The molecule has 5 nitrogen and oxygen atoms in total. The zero-order valence-corrected chi connectivity index (χ0v) is 14.1. The third kappa shape index (κ3) is 3.17. The molecule has 3 rings (SSSR count). The second-order valence-corrected chi connectivity index (χ2v) is 6.56. The summed E-state index contributed by atoms with van der Waals surface area (Å²) >= 11 is 1.41. The Morgan fingerprint density at radius 1 is 1.26 bits per heavy atom. The maximum atomic E-state index is 12.7. The summed E-state index contributed by atoms with van der Waals surface area (Å²) in [5, 5.41) is 3.98. The topological polar surface area (TPSA) is 59.8 Å². The highest BCUT2D eigenvalue weighted by atomic mass is 32.1. The van der Waals surface area contributed by atoms with Crippen molar-refractivity contribution < 1.29 is 4.79 Å². The Bertz CT molecular complexity index is 822. The molecule has 0 saturated carbocycles. The third-order valence-electron chi connectivity index (χ3n) is 3.63. The van der Waals surface area contributed by atoms with Crippen LogP contribution in [0.5, 0.6) is 0 Å². The molecule has 2 aromatic heterocycles. The summed E-state index contributed by atoms with van der Waals surface area (Å²) in [7, 11) is 1.92. The molecule has 1 aromatic carbocycles. The first-order chi connectivity index (χ1) is 11.1. The number of carbonyl (C=O) groups excluding carboxylic acids is 1. The average molecular weight is 326 g/mol. The first-order valence-electron chi connectivity index (χ1n) is 7.33. The largest absolute Gasteiger partial charge is 0.337 e. The maximum absolute atomic E-state index is 12.7. The van der Waals surface area contributed by atoms with Gasteiger partial charge in [0.15, 0.2) is 0 Å². The Kier molecular flexibility index (Phi) is 4.25. The Morgan fingerprint density at radius 2 is 2.00 bits per heavy atom. The molecule has 0 fully saturated rings. The van der Waals surface area contributed by atoms with Crippen LogP contribution in [0.3, 0.4) is 0 Å². The van der Waals surface area contributed by atoms with E-state index in [-0.39, 0.29) is 11.9 Å². The molecule has 2 heterocycles. The quantitative estimate of drug-likeness (QED) is 0.802. The number of hydrogen-bond donors (Lipinski definition) is 1. The number of aryl methyl sites for hydroxylation is 3. The molecule has 0 bridgehead atoms. The number of carbonyl (C=O) groups is 1. The van der Waals surface area contributed by atoms with E-state index in [0.29, 0.717) is 4.88 Å². The van der Waals surface area contributed by atoms with Gasteiger partial charge in [0.2, 0.25) is 0 Å². The molecule has 0 aliphatic carbocycles. The van der Waals surface area contributed by atoms with Crippen molar-refractivity contribution in [3.8, 4) is 0 Å². The number of nitrogens with zero attached hydrogens (tertiary/aromatic N) is 3. The number of amides is 1. The van der Waals surface area contributed by atoms with Crippen LogP contribution in [0, 0.1) is 13.8 Å². The first-order valence-corrected chi connectivity index (χ1v) is 8.15. The van der Waals surface area contributed by atoms with Crippen molar-refractivity contribution in [2.75, 3.05) is 0 Å². The van der Waals surface area contributed by atoms with Gasteiger partial charge in [-0.3, -0.25) is 4.79 Å².